The Labute approximate surface area is 165 Å². The molecule has 7 heteroatoms. The Morgan fingerprint density at radius 2 is 2.04 bits per heavy atom. The van der Waals surface area contributed by atoms with Crippen molar-refractivity contribution in [2.24, 2.45) is 0 Å². The molecule has 0 bridgehead atoms. The first-order chi connectivity index (χ1) is 13.4. The zero-order valence-corrected chi connectivity index (χ0v) is 16.9. The molecule has 1 aromatic heterocycles. The summed E-state index contributed by atoms with van der Waals surface area (Å²) in [6.45, 7) is 7.64. The van der Waals surface area contributed by atoms with Gasteiger partial charge in [0.2, 0.25) is 5.95 Å². The van der Waals surface area contributed by atoms with Crippen LogP contribution in [0.3, 0.4) is 0 Å². The van der Waals surface area contributed by atoms with Crippen molar-refractivity contribution in [2.75, 3.05) is 30.5 Å². The predicted molar refractivity (Wildman–Crippen MR) is 109 cm³/mol. The summed E-state index contributed by atoms with van der Waals surface area (Å²) in [7, 11) is 1.40. The second-order valence-electron chi connectivity index (χ2n) is 7.50. The lowest BCUT2D eigenvalue weighted by Crippen LogP contribution is -2.32. The largest absolute Gasteiger partial charge is 0.465 e. The number of nitrogens with zero attached hydrogens (tertiary/aromatic N) is 3. The number of methoxy groups -OCH3 is 1. The molecule has 1 aliphatic heterocycles. The molecule has 2 N–H and O–H groups in total. The number of carbonyl (C=O) groups is 1. The van der Waals surface area contributed by atoms with E-state index in [0.29, 0.717) is 11.5 Å². The number of aromatic nitrogens is 2. The van der Waals surface area contributed by atoms with Crippen LogP contribution in [-0.2, 0) is 17.7 Å². The molecule has 0 saturated heterocycles. The first kappa shape index (κ1) is 20.1. The molecule has 28 heavy (non-hydrogen) atoms. The number of aliphatic hydroxyl groups is 1. The van der Waals surface area contributed by atoms with E-state index in [2.05, 4.69) is 34.0 Å². The van der Waals surface area contributed by atoms with Crippen LogP contribution in [-0.4, -0.2) is 47.3 Å². The zero-order valence-electron chi connectivity index (χ0n) is 16.9. The van der Waals surface area contributed by atoms with Gasteiger partial charge in [-0.25, -0.2) is 9.78 Å². The van der Waals surface area contributed by atoms with Crippen LogP contribution in [0.2, 0.25) is 0 Å². The van der Waals surface area contributed by atoms with Gasteiger partial charge in [-0.05, 0) is 42.5 Å². The van der Waals surface area contributed by atoms with Crippen molar-refractivity contribution in [1.29, 1.82) is 0 Å². The highest BCUT2D eigenvalue weighted by Gasteiger charge is 2.21. The van der Waals surface area contributed by atoms with Gasteiger partial charge >= 0.3 is 5.97 Å². The van der Waals surface area contributed by atoms with Crippen LogP contribution < -0.4 is 10.2 Å². The highest BCUT2D eigenvalue weighted by molar-refractivity contribution is 5.89. The Hall–Kier alpha value is -2.67. The first-order valence-electron chi connectivity index (χ1n) is 9.62. The Bertz CT molecular complexity index is 854. The van der Waals surface area contributed by atoms with Gasteiger partial charge in [-0.1, -0.05) is 19.9 Å². The van der Waals surface area contributed by atoms with Crippen molar-refractivity contribution in [3.63, 3.8) is 0 Å². The quantitative estimate of drug-likeness (QED) is 0.741. The summed E-state index contributed by atoms with van der Waals surface area (Å²) in [5, 5.41) is 12.5. The van der Waals surface area contributed by atoms with Gasteiger partial charge in [0, 0.05) is 25.2 Å². The number of aliphatic hydroxyl groups excluding tert-OH is 1. The molecule has 1 aromatic carbocycles. The summed E-state index contributed by atoms with van der Waals surface area (Å²) in [6.07, 6.45) is 0.830. The number of rotatable bonds is 6. The second-order valence-corrected chi connectivity index (χ2v) is 7.50. The van der Waals surface area contributed by atoms with Gasteiger partial charge in [-0.3, -0.25) is 0 Å². The number of ether oxygens (including phenoxy) is 1. The highest BCUT2D eigenvalue weighted by Crippen LogP contribution is 2.27. The maximum absolute atomic E-state index is 11.8. The fourth-order valence-corrected chi connectivity index (χ4v) is 3.23. The molecule has 3 rings (SSSR count). The number of hydrogen-bond donors (Lipinski definition) is 2. The molecule has 2 aromatic rings. The molecule has 150 valence electrons. The van der Waals surface area contributed by atoms with Crippen molar-refractivity contribution in [3.8, 4) is 0 Å². The summed E-state index contributed by atoms with van der Waals surface area (Å²) in [5.74, 6) is 1.37. The normalized spacial score (nSPS) is 14.6. The maximum atomic E-state index is 11.8. The molecular weight excluding hydrogens is 356 g/mol. The molecule has 0 amide bonds. The fourth-order valence-electron chi connectivity index (χ4n) is 3.23. The molecule has 7 nitrogen and oxygen atoms in total. The van der Waals surface area contributed by atoms with Crippen LogP contribution in [0.1, 0.15) is 53.9 Å². The van der Waals surface area contributed by atoms with E-state index in [1.165, 1.54) is 18.2 Å². The molecule has 0 unspecified atom stereocenters. The molecule has 0 fully saturated rings. The van der Waals surface area contributed by atoms with Crippen molar-refractivity contribution in [3.05, 3.63) is 46.6 Å². The first-order valence-corrected chi connectivity index (χ1v) is 9.62. The number of hydrogen-bond acceptors (Lipinski definition) is 7. The third-order valence-corrected chi connectivity index (χ3v) is 4.94. The van der Waals surface area contributed by atoms with E-state index in [9.17, 15) is 9.90 Å². The summed E-state index contributed by atoms with van der Waals surface area (Å²) in [5.41, 5.74) is 3.90. The van der Waals surface area contributed by atoms with Crippen LogP contribution >= 0.6 is 0 Å². The monoisotopic (exact) mass is 384 g/mol. The molecule has 0 saturated carbocycles. The van der Waals surface area contributed by atoms with E-state index in [1.54, 1.807) is 0 Å². The van der Waals surface area contributed by atoms with E-state index in [1.807, 2.05) is 31.2 Å². The fraction of sp³-hybridized carbons (Fsp3) is 0.476. The Kier molecular flexibility index (Phi) is 6.14. The van der Waals surface area contributed by atoms with Gasteiger partial charge < -0.3 is 20.1 Å². The number of nitrogens with one attached hydrogen (secondary N) is 1. The summed E-state index contributed by atoms with van der Waals surface area (Å²) in [4.78, 5) is 23.3. The standard InChI is InChI=1S/C21H28N4O3/c1-13(2)18-10-19(24-21(23-18)22-14(3)12-26)25-8-7-15-9-16(20(27)28-4)5-6-17(15)11-25/h5-6,9-10,13-14,26H,7-8,11-12H2,1-4H3,(H,22,23,24)/t14-/m1/s1. The molecule has 0 aliphatic carbocycles. The predicted octanol–water partition coefficient (Wildman–Crippen LogP) is 2.74. The summed E-state index contributed by atoms with van der Waals surface area (Å²) >= 11 is 0. The average molecular weight is 384 g/mol. The summed E-state index contributed by atoms with van der Waals surface area (Å²) in [6, 6.07) is 7.64. The highest BCUT2D eigenvalue weighted by atomic mass is 16.5. The minimum Gasteiger partial charge on any atom is -0.465 e. The van der Waals surface area contributed by atoms with E-state index in [-0.39, 0.29) is 24.5 Å². The second kappa shape index (κ2) is 8.56. The van der Waals surface area contributed by atoms with Crippen LogP contribution in [0.5, 0.6) is 0 Å². The topological polar surface area (TPSA) is 87.6 Å². The molecular formula is C21H28N4O3. The van der Waals surface area contributed by atoms with Crippen molar-refractivity contribution in [1.82, 2.24) is 9.97 Å². The van der Waals surface area contributed by atoms with Gasteiger partial charge in [0.15, 0.2) is 0 Å². The zero-order chi connectivity index (χ0) is 20.3. The van der Waals surface area contributed by atoms with Crippen LogP contribution in [0, 0.1) is 0 Å². The van der Waals surface area contributed by atoms with Crippen molar-refractivity contribution >= 4 is 17.7 Å². The van der Waals surface area contributed by atoms with Crippen molar-refractivity contribution in [2.45, 2.75) is 45.7 Å². The third kappa shape index (κ3) is 4.42. The van der Waals surface area contributed by atoms with Gasteiger partial charge in [0.1, 0.15) is 5.82 Å². The Balaban J connectivity index is 1.87. The van der Waals surface area contributed by atoms with Gasteiger partial charge in [-0.15, -0.1) is 0 Å². The lowest BCUT2D eigenvalue weighted by Gasteiger charge is -2.30. The number of benzene rings is 1. The number of anilines is 2. The molecule has 1 aliphatic rings. The molecule has 0 spiro atoms. The third-order valence-electron chi connectivity index (χ3n) is 4.94. The van der Waals surface area contributed by atoms with Crippen LogP contribution in [0.25, 0.3) is 0 Å². The van der Waals surface area contributed by atoms with E-state index < -0.39 is 0 Å². The Morgan fingerprint density at radius 1 is 1.25 bits per heavy atom. The van der Waals surface area contributed by atoms with Crippen LogP contribution in [0.15, 0.2) is 24.3 Å². The molecule has 2 heterocycles. The van der Waals surface area contributed by atoms with Gasteiger partial charge in [0.25, 0.3) is 0 Å². The maximum Gasteiger partial charge on any atom is 0.337 e. The minimum absolute atomic E-state index is 0.0181. The SMILES string of the molecule is COC(=O)c1ccc2c(c1)CCN(c1cc(C(C)C)nc(N[C@H](C)CO)n1)C2. The van der Waals surface area contributed by atoms with E-state index >= 15 is 0 Å². The molecule has 1 atom stereocenters. The van der Waals surface area contributed by atoms with Gasteiger partial charge in [-0.2, -0.15) is 4.98 Å². The smallest absolute Gasteiger partial charge is 0.337 e. The number of fused-ring (bicyclic) bond motifs is 1. The number of carbonyl (C=O) groups excluding carboxylic acids is 1. The van der Waals surface area contributed by atoms with E-state index in [4.69, 9.17) is 4.74 Å². The summed E-state index contributed by atoms with van der Waals surface area (Å²) < 4.78 is 4.82. The Morgan fingerprint density at radius 3 is 2.71 bits per heavy atom. The van der Waals surface area contributed by atoms with Gasteiger partial charge in [0.05, 0.1) is 25.0 Å². The lowest BCUT2D eigenvalue weighted by atomic mass is 9.97. The van der Waals surface area contributed by atoms with Crippen LogP contribution in [0.4, 0.5) is 11.8 Å². The number of esters is 1. The lowest BCUT2D eigenvalue weighted by molar-refractivity contribution is 0.0600. The minimum atomic E-state index is -0.309. The average Bonchev–Trinajstić information content (AvgIpc) is 2.71. The molecule has 0 radical (unpaired) electrons. The van der Waals surface area contributed by atoms with Crippen molar-refractivity contribution < 1.29 is 14.6 Å². The van der Waals surface area contributed by atoms with E-state index in [0.717, 1.165) is 31.0 Å².